The standard InChI is InChI=1S/C50H31NS2/c1-3-15-33(16-4-1)36-24-12-25-39-40-26-13-27-41(49(40)53-48(36)39)42-31-43-47-45(29-14-30-46(47)52-50(43)38-23-10-9-22-37(38)42)51(34-19-5-2-6-20-34)44-28-11-18-32-17-7-8-21-35(32)44/h1-31H. The molecule has 1 nitrogen and oxygen atoms in total. The maximum atomic E-state index is 2.49. The number of benzene rings is 9. The third-order valence-electron chi connectivity index (χ3n) is 10.6. The molecule has 0 spiro atoms. The lowest BCUT2D eigenvalue weighted by molar-refractivity contribution is 1.32. The normalized spacial score (nSPS) is 11.8. The molecule has 0 radical (unpaired) electrons. The van der Waals surface area contributed by atoms with Crippen molar-refractivity contribution in [3.05, 3.63) is 188 Å². The van der Waals surface area contributed by atoms with Crippen molar-refractivity contribution in [2.24, 2.45) is 0 Å². The van der Waals surface area contributed by atoms with Gasteiger partial charge in [0.25, 0.3) is 0 Å². The predicted molar refractivity (Wildman–Crippen MR) is 233 cm³/mol. The summed E-state index contributed by atoms with van der Waals surface area (Å²) in [6, 6.07) is 68.9. The van der Waals surface area contributed by atoms with Crippen molar-refractivity contribution in [3.63, 3.8) is 0 Å². The molecule has 0 aliphatic carbocycles. The van der Waals surface area contributed by atoms with Crippen LogP contribution in [0.2, 0.25) is 0 Å². The van der Waals surface area contributed by atoms with Gasteiger partial charge in [-0.25, -0.2) is 0 Å². The average molecular weight is 710 g/mol. The van der Waals surface area contributed by atoms with E-state index in [1.807, 2.05) is 22.7 Å². The molecule has 2 heterocycles. The highest BCUT2D eigenvalue weighted by Crippen LogP contribution is 2.51. The molecule has 53 heavy (non-hydrogen) atoms. The van der Waals surface area contributed by atoms with Gasteiger partial charge in [-0.2, -0.15) is 0 Å². The molecule has 0 N–H and O–H groups in total. The Bertz CT molecular complexity index is 3170. The van der Waals surface area contributed by atoms with Gasteiger partial charge >= 0.3 is 0 Å². The molecule has 0 saturated carbocycles. The van der Waals surface area contributed by atoms with Gasteiger partial charge in [-0.05, 0) is 63.9 Å². The summed E-state index contributed by atoms with van der Waals surface area (Å²) in [7, 11) is 0. The zero-order valence-corrected chi connectivity index (χ0v) is 30.3. The smallest absolute Gasteiger partial charge is 0.0555 e. The number of hydrogen-bond donors (Lipinski definition) is 0. The lowest BCUT2D eigenvalue weighted by atomic mass is 9.94. The quantitative estimate of drug-likeness (QED) is 0.172. The molecule has 0 saturated heterocycles. The van der Waals surface area contributed by atoms with Crippen LogP contribution >= 0.6 is 22.7 Å². The van der Waals surface area contributed by atoms with E-state index in [1.165, 1.54) is 95.5 Å². The summed E-state index contributed by atoms with van der Waals surface area (Å²) in [5.74, 6) is 0. The number of fused-ring (bicyclic) bond motifs is 9. The largest absolute Gasteiger partial charge is 0.309 e. The third kappa shape index (κ3) is 4.75. The Kier molecular flexibility index (Phi) is 6.97. The highest BCUT2D eigenvalue weighted by atomic mass is 32.1. The highest BCUT2D eigenvalue weighted by Gasteiger charge is 2.23. The number of nitrogens with zero attached hydrogens (tertiary/aromatic N) is 1. The fourth-order valence-corrected chi connectivity index (χ4v) is 10.9. The monoisotopic (exact) mass is 709 g/mol. The van der Waals surface area contributed by atoms with Crippen LogP contribution in [0.3, 0.4) is 0 Å². The van der Waals surface area contributed by atoms with Crippen LogP contribution in [0.5, 0.6) is 0 Å². The van der Waals surface area contributed by atoms with Crippen molar-refractivity contribution in [3.8, 4) is 22.3 Å². The van der Waals surface area contributed by atoms with Gasteiger partial charge in [-0.15, -0.1) is 22.7 Å². The van der Waals surface area contributed by atoms with E-state index < -0.39 is 0 Å². The van der Waals surface area contributed by atoms with Crippen LogP contribution in [0.4, 0.5) is 17.1 Å². The van der Waals surface area contributed by atoms with Crippen LogP contribution < -0.4 is 4.90 Å². The molecular formula is C50H31NS2. The van der Waals surface area contributed by atoms with Crippen molar-refractivity contribution < 1.29 is 0 Å². The SMILES string of the molecule is c1ccc(-c2cccc3c2sc2c(-c4cc5c(sc6cccc(N(c7ccccc7)c7cccc8ccccc78)c65)c5ccccc45)cccc23)cc1. The number of rotatable bonds is 5. The van der Waals surface area contributed by atoms with Crippen LogP contribution in [0.15, 0.2) is 188 Å². The van der Waals surface area contributed by atoms with E-state index in [2.05, 4.69) is 193 Å². The van der Waals surface area contributed by atoms with Crippen molar-refractivity contribution in [1.29, 1.82) is 0 Å². The first-order chi connectivity index (χ1) is 26.3. The van der Waals surface area contributed by atoms with Gasteiger partial charge in [0, 0.05) is 62.4 Å². The van der Waals surface area contributed by atoms with Gasteiger partial charge in [0.05, 0.1) is 11.4 Å². The second-order valence-corrected chi connectivity index (χ2v) is 15.7. The maximum Gasteiger partial charge on any atom is 0.0555 e. The number of thiophene rings is 2. The van der Waals surface area contributed by atoms with Crippen LogP contribution in [0.1, 0.15) is 0 Å². The molecule has 9 aromatic carbocycles. The van der Waals surface area contributed by atoms with Crippen molar-refractivity contribution >= 4 is 102 Å². The molecule has 11 rings (SSSR count). The van der Waals surface area contributed by atoms with E-state index in [1.54, 1.807) is 0 Å². The average Bonchev–Trinajstić information content (AvgIpc) is 3.81. The van der Waals surface area contributed by atoms with Crippen molar-refractivity contribution in [1.82, 2.24) is 0 Å². The van der Waals surface area contributed by atoms with Gasteiger partial charge in [-0.3, -0.25) is 0 Å². The number of hydrogen-bond acceptors (Lipinski definition) is 3. The molecule has 0 unspecified atom stereocenters. The molecule has 3 heteroatoms. The van der Waals surface area contributed by atoms with E-state index >= 15 is 0 Å². The first kappa shape index (κ1) is 30.4. The maximum absolute atomic E-state index is 2.49. The van der Waals surface area contributed by atoms with E-state index in [0.29, 0.717) is 0 Å². The summed E-state index contributed by atoms with van der Waals surface area (Å²) in [4.78, 5) is 2.46. The summed E-state index contributed by atoms with van der Waals surface area (Å²) in [6.07, 6.45) is 0. The van der Waals surface area contributed by atoms with Crippen LogP contribution in [0.25, 0.3) is 84.1 Å². The van der Waals surface area contributed by atoms with E-state index in [4.69, 9.17) is 0 Å². The molecule has 0 amide bonds. The Morgan fingerprint density at radius 3 is 1.72 bits per heavy atom. The van der Waals surface area contributed by atoms with Crippen LogP contribution in [0, 0.1) is 0 Å². The second-order valence-electron chi connectivity index (χ2n) is 13.6. The van der Waals surface area contributed by atoms with Crippen molar-refractivity contribution in [2.75, 3.05) is 4.90 Å². The Balaban J connectivity index is 1.22. The molecule has 0 aliphatic rings. The summed E-state index contributed by atoms with van der Waals surface area (Å²) in [5, 5.41) is 10.2. The first-order valence-corrected chi connectivity index (χ1v) is 19.6. The molecule has 0 bridgehead atoms. The summed E-state index contributed by atoms with van der Waals surface area (Å²) >= 11 is 3.83. The lowest BCUT2D eigenvalue weighted by Crippen LogP contribution is -2.10. The van der Waals surface area contributed by atoms with Gasteiger partial charge in [0.15, 0.2) is 0 Å². The van der Waals surface area contributed by atoms with Crippen LogP contribution in [-0.4, -0.2) is 0 Å². The van der Waals surface area contributed by atoms with E-state index in [0.717, 1.165) is 5.69 Å². The predicted octanol–water partition coefficient (Wildman–Crippen LogP) is 15.5. The first-order valence-electron chi connectivity index (χ1n) is 18.0. The molecular weight excluding hydrogens is 679 g/mol. The minimum absolute atomic E-state index is 1.14. The molecule has 0 aliphatic heterocycles. The summed E-state index contributed by atoms with van der Waals surface area (Å²) in [5.41, 5.74) is 8.60. The van der Waals surface area contributed by atoms with Gasteiger partial charge in [-0.1, -0.05) is 152 Å². The zero-order valence-electron chi connectivity index (χ0n) is 28.7. The fraction of sp³-hybridized carbons (Fsp3) is 0. The second kappa shape index (κ2) is 12.2. The fourth-order valence-electron chi connectivity index (χ4n) is 8.30. The Morgan fingerprint density at radius 2 is 0.906 bits per heavy atom. The molecule has 11 aromatic rings. The topological polar surface area (TPSA) is 3.24 Å². The minimum atomic E-state index is 1.14. The number of para-hydroxylation sites is 1. The molecule has 2 aromatic heterocycles. The summed E-state index contributed by atoms with van der Waals surface area (Å²) < 4.78 is 5.28. The van der Waals surface area contributed by atoms with Gasteiger partial charge in [0.2, 0.25) is 0 Å². The van der Waals surface area contributed by atoms with Crippen molar-refractivity contribution in [2.45, 2.75) is 0 Å². The number of anilines is 3. The van der Waals surface area contributed by atoms with Crippen LogP contribution in [-0.2, 0) is 0 Å². The minimum Gasteiger partial charge on any atom is -0.309 e. The van der Waals surface area contributed by atoms with Gasteiger partial charge in [0.1, 0.15) is 0 Å². The Labute approximate surface area is 315 Å². The molecule has 0 atom stereocenters. The summed E-state index contributed by atoms with van der Waals surface area (Å²) in [6.45, 7) is 0. The Hall–Kier alpha value is -6.26. The molecule has 0 fully saturated rings. The van der Waals surface area contributed by atoms with E-state index in [9.17, 15) is 0 Å². The lowest BCUT2D eigenvalue weighted by Gasteiger charge is -2.27. The third-order valence-corrected chi connectivity index (χ3v) is 13.1. The highest BCUT2D eigenvalue weighted by molar-refractivity contribution is 7.27. The molecule has 248 valence electrons. The Morgan fingerprint density at radius 1 is 0.340 bits per heavy atom. The zero-order chi connectivity index (χ0) is 34.9. The van der Waals surface area contributed by atoms with Gasteiger partial charge < -0.3 is 4.90 Å². The van der Waals surface area contributed by atoms with E-state index in [-0.39, 0.29) is 0 Å².